The van der Waals surface area contributed by atoms with Crippen LogP contribution in [0, 0.1) is 0 Å². The molecule has 0 saturated carbocycles. The molecular formula is C5H12ClNO2. The number of esters is 1. The summed E-state index contributed by atoms with van der Waals surface area (Å²) in [5.41, 5.74) is 5.27. The zero-order valence-electron chi connectivity index (χ0n) is 5.59. The molecule has 0 spiro atoms. The average molecular weight is 154 g/mol. The molecule has 3 nitrogen and oxygen atoms in total. The van der Waals surface area contributed by atoms with Crippen molar-refractivity contribution in [2.45, 2.75) is 19.4 Å². The van der Waals surface area contributed by atoms with Crippen molar-refractivity contribution < 1.29 is 9.53 Å². The number of ether oxygens (including phenoxy) is 1. The molecule has 0 aromatic heterocycles. The topological polar surface area (TPSA) is 52.3 Å². The number of hydrogen-bond donors (Lipinski definition) is 1. The number of rotatable bonds is 2. The highest BCUT2D eigenvalue weighted by Gasteiger charge is 2.01. The van der Waals surface area contributed by atoms with Gasteiger partial charge in [0.2, 0.25) is 0 Å². The van der Waals surface area contributed by atoms with Crippen LogP contribution in [0.5, 0.6) is 0 Å². The third-order valence-electron chi connectivity index (χ3n) is 0.716. The maximum atomic E-state index is 10.3. The smallest absolute Gasteiger partial charge is 0.307 e. The van der Waals surface area contributed by atoms with E-state index in [1.54, 1.807) is 6.92 Å². The summed E-state index contributed by atoms with van der Waals surface area (Å²) in [6.45, 7) is 1.76. The van der Waals surface area contributed by atoms with E-state index < -0.39 is 0 Å². The second kappa shape index (κ2) is 5.85. The Balaban J connectivity index is 0. The first-order chi connectivity index (χ1) is 3.66. The summed E-state index contributed by atoms with van der Waals surface area (Å²) < 4.78 is 4.34. The molecule has 4 heteroatoms. The number of halogens is 1. The summed E-state index contributed by atoms with van der Waals surface area (Å²) in [6.07, 6.45) is 0.302. The summed E-state index contributed by atoms with van der Waals surface area (Å²) in [5, 5.41) is 0. The van der Waals surface area contributed by atoms with E-state index in [2.05, 4.69) is 4.74 Å². The summed E-state index contributed by atoms with van der Waals surface area (Å²) in [7, 11) is 1.35. The average Bonchev–Trinajstić information content (AvgIpc) is 1.65. The van der Waals surface area contributed by atoms with Gasteiger partial charge in [0.15, 0.2) is 0 Å². The lowest BCUT2D eigenvalue weighted by Gasteiger charge is -2.00. The molecular weight excluding hydrogens is 142 g/mol. The molecule has 0 heterocycles. The molecule has 0 radical (unpaired) electrons. The third kappa shape index (κ3) is 7.72. The number of carbonyl (C=O) groups is 1. The van der Waals surface area contributed by atoms with Gasteiger partial charge in [-0.1, -0.05) is 0 Å². The number of methoxy groups -OCH3 is 1. The van der Waals surface area contributed by atoms with E-state index in [4.69, 9.17) is 5.73 Å². The standard InChI is InChI=1S/C5H11NO2.ClH/c1-4(6)3-5(7)8-2;/h4H,3,6H2,1-2H3;1H/t4-;/m0./s1. The molecule has 9 heavy (non-hydrogen) atoms. The monoisotopic (exact) mass is 153 g/mol. The molecule has 0 amide bonds. The second-order valence-corrected chi connectivity index (χ2v) is 1.76. The Kier molecular flexibility index (Phi) is 7.48. The van der Waals surface area contributed by atoms with Gasteiger partial charge in [0.25, 0.3) is 0 Å². The maximum absolute atomic E-state index is 10.3. The fraction of sp³-hybridized carbons (Fsp3) is 0.800. The quantitative estimate of drug-likeness (QED) is 0.582. The van der Waals surface area contributed by atoms with Gasteiger partial charge in [-0.15, -0.1) is 12.4 Å². The summed E-state index contributed by atoms with van der Waals surface area (Å²) in [6, 6.07) is -0.0950. The lowest BCUT2D eigenvalue weighted by Crippen LogP contribution is -2.20. The minimum absolute atomic E-state index is 0. The third-order valence-corrected chi connectivity index (χ3v) is 0.716. The van der Waals surface area contributed by atoms with Crippen molar-refractivity contribution in [3.63, 3.8) is 0 Å². The Hall–Kier alpha value is -0.280. The van der Waals surface area contributed by atoms with Gasteiger partial charge in [-0.2, -0.15) is 0 Å². The Morgan fingerprint density at radius 3 is 2.33 bits per heavy atom. The summed E-state index contributed by atoms with van der Waals surface area (Å²) >= 11 is 0. The van der Waals surface area contributed by atoms with Crippen LogP contribution in [0.4, 0.5) is 0 Å². The Morgan fingerprint density at radius 2 is 2.22 bits per heavy atom. The van der Waals surface area contributed by atoms with Gasteiger partial charge in [0, 0.05) is 6.04 Å². The van der Waals surface area contributed by atoms with Crippen molar-refractivity contribution in [1.82, 2.24) is 0 Å². The molecule has 1 atom stereocenters. The van der Waals surface area contributed by atoms with Gasteiger partial charge in [-0.05, 0) is 6.92 Å². The lowest BCUT2D eigenvalue weighted by atomic mass is 10.3. The zero-order chi connectivity index (χ0) is 6.57. The molecule has 56 valence electrons. The van der Waals surface area contributed by atoms with Crippen molar-refractivity contribution in [1.29, 1.82) is 0 Å². The van der Waals surface area contributed by atoms with Crippen LogP contribution in [0.3, 0.4) is 0 Å². The first kappa shape index (κ1) is 11.5. The normalized spacial score (nSPS) is 11.4. The Bertz CT molecular complexity index is 85.0. The van der Waals surface area contributed by atoms with Gasteiger partial charge < -0.3 is 10.5 Å². The van der Waals surface area contributed by atoms with Crippen LogP contribution in [0.2, 0.25) is 0 Å². The minimum atomic E-state index is -0.250. The maximum Gasteiger partial charge on any atom is 0.307 e. The van der Waals surface area contributed by atoms with Gasteiger partial charge in [-0.25, -0.2) is 0 Å². The highest BCUT2D eigenvalue weighted by molar-refractivity contribution is 5.85. The molecule has 0 aromatic carbocycles. The first-order valence-electron chi connectivity index (χ1n) is 2.49. The number of nitrogens with two attached hydrogens (primary N) is 1. The Labute approximate surface area is 61.0 Å². The molecule has 2 N–H and O–H groups in total. The van der Waals surface area contributed by atoms with Crippen molar-refractivity contribution in [2.24, 2.45) is 5.73 Å². The van der Waals surface area contributed by atoms with E-state index in [1.165, 1.54) is 7.11 Å². The van der Waals surface area contributed by atoms with Crippen LogP contribution in [0.1, 0.15) is 13.3 Å². The SMILES string of the molecule is COC(=O)C[C@H](C)N.Cl. The number of carbonyl (C=O) groups excluding carboxylic acids is 1. The summed E-state index contributed by atoms with van der Waals surface area (Å²) in [5.74, 6) is -0.250. The molecule has 0 aliphatic heterocycles. The predicted molar refractivity (Wildman–Crippen MR) is 37.5 cm³/mol. The predicted octanol–water partition coefficient (Wildman–Crippen LogP) is 0.318. The van der Waals surface area contributed by atoms with Crippen LogP contribution in [0.25, 0.3) is 0 Å². The minimum Gasteiger partial charge on any atom is -0.469 e. The first-order valence-corrected chi connectivity index (χ1v) is 2.49. The van der Waals surface area contributed by atoms with Crippen LogP contribution < -0.4 is 5.73 Å². The van der Waals surface area contributed by atoms with E-state index in [0.29, 0.717) is 6.42 Å². The molecule has 0 aromatic rings. The highest BCUT2D eigenvalue weighted by atomic mass is 35.5. The van der Waals surface area contributed by atoms with Gasteiger partial charge in [0.1, 0.15) is 0 Å². The molecule has 0 aliphatic rings. The van der Waals surface area contributed by atoms with Gasteiger partial charge in [0.05, 0.1) is 13.5 Å². The van der Waals surface area contributed by atoms with Crippen LogP contribution in [0.15, 0.2) is 0 Å². The van der Waals surface area contributed by atoms with E-state index in [9.17, 15) is 4.79 Å². The molecule has 0 fully saturated rings. The molecule has 0 aliphatic carbocycles. The molecule has 0 bridgehead atoms. The fourth-order valence-corrected chi connectivity index (χ4v) is 0.346. The van der Waals surface area contributed by atoms with E-state index in [0.717, 1.165) is 0 Å². The number of hydrogen-bond acceptors (Lipinski definition) is 3. The fourth-order valence-electron chi connectivity index (χ4n) is 0.346. The van der Waals surface area contributed by atoms with Crippen LogP contribution in [-0.4, -0.2) is 19.1 Å². The van der Waals surface area contributed by atoms with Gasteiger partial charge in [-0.3, -0.25) is 4.79 Å². The molecule has 0 saturated heterocycles. The van der Waals surface area contributed by atoms with Crippen molar-refractivity contribution >= 4 is 18.4 Å². The van der Waals surface area contributed by atoms with E-state index in [-0.39, 0.29) is 24.4 Å². The molecule has 0 rings (SSSR count). The van der Waals surface area contributed by atoms with Crippen LogP contribution in [-0.2, 0) is 9.53 Å². The van der Waals surface area contributed by atoms with Gasteiger partial charge >= 0.3 is 5.97 Å². The summed E-state index contributed by atoms with van der Waals surface area (Å²) in [4.78, 5) is 10.3. The van der Waals surface area contributed by atoms with Crippen LogP contribution >= 0.6 is 12.4 Å². The zero-order valence-corrected chi connectivity index (χ0v) is 6.40. The van der Waals surface area contributed by atoms with Crippen molar-refractivity contribution in [2.75, 3.05) is 7.11 Å². The van der Waals surface area contributed by atoms with E-state index in [1.807, 2.05) is 0 Å². The van der Waals surface area contributed by atoms with Crippen molar-refractivity contribution in [3.05, 3.63) is 0 Å². The largest absolute Gasteiger partial charge is 0.469 e. The Morgan fingerprint density at radius 1 is 1.78 bits per heavy atom. The highest BCUT2D eigenvalue weighted by Crippen LogP contribution is 1.86. The van der Waals surface area contributed by atoms with E-state index >= 15 is 0 Å². The molecule has 0 unspecified atom stereocenters. The van der Waals surface area contributed by atoms with Crippen molar-refractivity contribution in [3.8, 4) is 0 Å². The lowest BCUT2D eigenvalue weighted by molar-refractivity contribution is -0.140. The second-order valence-electron chi connectivity index (χ2n) is 1.76.